The lowest BCUT2D eigenvalue weighted by molar-refractivity contribution is -0.138. The van der Waals surface area contributed by atoms with Crippen LogP contribution in [-0.4, -0.2) is 47.3 Å². The highest BCUT2D eigenvalue weighted by Crippen LogP contribution is 2.44. The summed E-state index contributed by atoms with van der Waals surface area (Å²) in [6, 6.07) is 1.13. The maximum Gasteiger partial charge on any atom is 0.419 e. The molecule has 0 radical (unpaired) electrons. The number of fused-ring (bicyclic) bond motifs is 1. The molecule has 1 aliphatic rings. The number of nitrogens with zero attached hydrogens (tertiary/aromatic N) is 3. The highest BCUT2D eigenvalue weighted by Gasteiger charge is 2.38. The number of ether oxygens (including phenoxy) is 1. The summed E-state index contributed by atoms with van der Waals surface area (Å²) in [7, 11) is 0. The monoisotopic (exact) mass is 497 g/mol. The lowest BCUT2D eigenvalue weighted by atomic mass is 10.2. The van der Waals surface area contributed by atoms with E-state index in [-0.39, 0.29) is 27.6 Å². The first-order valence-electron chi connectivity index (χ1n) is 8.88. The number of oxazole rings is 1. The molecule has 1 fully saturated rings. The highest BCUT2D eigenvalue weighted by atomic mass is 79.9. The van der Waals surface area contributed by atoms with E-state index in [4.69, 9.17) is 20.8 Å². The van der Waals surface area contributed by atoms with Gasteiger partial charge in [0.2, 0.25) is 0 Å². The summed E-state index contributed by atoms with van der Waals surface area (Å²) >= 11 is 8.77. The number of alkyl halides is 3. The molecule has 0 N–H and O–H groups in total. The fraction of sp³-hybridized carbons (Fsp3) is 0.556. The van der Waals surface area contributed by atoms with Gasteiger partial charge in [-0.3, -0.25) is 0 Å². The Bertz CT molecular complexity index is 942. The first-order valence-corrected chi connectivity index (χ1v) is 10.1. The first kappa shape index (κ1) is 22.0. The molecule has 11 heteroatoms. The molecule has 0 unspecified atom stereocenters. The van der Waals surface area contributed by atoms with Crippen LogP contribution >= 0.6 is 27.5 Å². The predicted molar refractivity (Wildman–Crippen MR) is 106 cm³/mol. The normalized spacial score (nSPS) is 18.4. The lowest BCUT2D eigenvalue weighted by Gasteiger charge is -2.39. The number of amides is 1. The molecule has 0 bridgehead atoms. The molecule has 0 aliphatic carbocycles. The van der Waals surface area contributed by atoms with E-state index in [2.05, 4.69) is 20.9 Å². The van der Waals surface area contributed by atoms with Gasteiger partial charge >= 0.3 is 12.3 Å². The number of benzene rings is 1. The van der Waals surface area contributed by atoms with Gasteiger partial charge in [-0.15, -0.1) is 0 Å². The summed E-state index contributed by atoms with van der Waals surface area (Å²) in [5.41, 5.74) is -1.42. The van der Waals surface area contributed by atoms with Gasteiger partial charge in [-0.2, -0.15) is 18.2 Å². The van der Waals surface area contributed by atoms with E-state index in [0.717, 1.165) is 6.07 Å². The molecule has 1 amide bonds. The molecular formula is C18H20BrClF3N3O3. The largest absolute Gasteiger partial charge is 0.444 e. The van der Waals surface area contributed by atoms with Gasteiger partial charge in [-0.05, 0) is 49.7 Å². The number of piperazine rings is 1. The minimum Gasteiger partial charge on any atom is -0.444 e. The molecule has 2 heterocycles. The second-order valence-corrected chi connectivity index (χ2v) is 9.06. The number of anilines is 1. The summed E-state index contributed by atoms with van der Waals surface area (Å²) in [4.78, 5) is 20.0. The third kappa shape index (κ3) is 4.58. The van der Waals surface area contributed by atoms with Crippen LogP contribution in [0.5, 0.6) is 0 Å². The Morgan fingerprint density at radius 1 is 1.34 bits per heavy atom. The summed E-state index contributed by atoms with van der Waals surface area (Å²) in [5.74, 6) is 0. The fourth-order valence-corrected chi connectivity index (χ4v) is 4.24. The number of rotatable bonds is 1. The number of aromatic nitrogens is 1. The quantitative estimate of drug-likeness (QED) is 0.504. The minimum absolute atomic E-state index is 0.0292. The number of halogens is 5. The molecular weight excluding hydrogens is 479 g/mol. The topological polar surface area (TPSA) is 58.8 Å². The fourth-order valence-electron chi connectivity index (χ4n) is 3.10. The average Bonchev–Trinajstić information content (AvgIpc) is 2.95. The molecule has 1 saturated heterocycles. The maximum absolute atomic E-state index is 13.3. The molecule has 1 aliphatic heterocycles. The van der Waals surface area contributed by atoms with Crippen LogP contribution in [0, 0.1) is 0 Å². The molecule has 1 aromatic carbocycles. The van der Waals surface area contributed by atoms with Crippen LogP contribution in [0.2, 0.25) is 5.02 Å². The van der Waals surface area contributed by atoms with Crippen LogP contribution in [0.25, 0.3) is 11.1 Å². The Hall–Kier alpha value is -1.68. The van der Waals surface area contributed by atoms with Crippen LogP contribution in [0.1, 0.15) is 33.3 Å². The molecule has 160 valence electrons. The number of carbonyl (C=O) groups excluding carboxylic acids is 1. The van der Waals surface area contributed by atoms with Gasteiger partial charge in [-0.25, -0.2) is 4.79 Å². The standard InChI is InChI=1S/C18H20BrClF3N3O3/c1-9-8-25(16(27)29-17(2,3)4)5-6-26(9)15-24-11-7-10(20)12(18(21,22)23)13(19)14(11)28-15/h7,9H,5-6,8H2,1-4H3/t9-/m0/s1. The van der Waals surface area contributed by atoms with Crippen LogP contribution < -0.4 is 4.90 Å². The van der Waals surface area contributed by atoms with Crippen molar-refractivity contribution in [1.29, 1.82) is 0 Å². The lowest BCUT2D eigenvalue weighted by Crippen LogP contribution is -2.54. The van der Waals surface area contributed by atoms with Gasteiger partial charge in [0.05, 0.1) is 15.1 Å². The van der Waals surface area contributed by atoms with Crippen molar-refractivity contribution < 1.29 is 27.1 Å². The van der Waals surface area contributed by atoms with Gasteiger partial charge in [-0.1, -0.05) is 11.6 Å². The number of hydrogen-bond acceptors (Lipinski definition) is 5. The molecule has 1 atom stereocenters. The van der Waals surface area contributed by atoms with E-state index in [1.165, 1.54) is 0 Å². The van der Waals surface area contributed by atoms with Crippen LogP contribution in [0.3, 0.4) is 0 Å². The zero-order chi connectivity index (χ0) is 21.7. The summed E-state index contributed by atoms with van der Waals surface area (Å²) in [6.45, 7) is 8.37. The Morgan fingerprint density at radius 2 is 2.00 bits per heavy atom. The molecule has 2 aromatic rings. The molecule has 0 saturated carbocycles. The van der Waals surface area contributed by atoms with Crippen molar-refractivity contribution in [3.05, 3.63) is 21.1 Å². The van der Waals surface area contributed by atoms with Crippen molar-refractivity contribution in [3.8, 4) is 0 Å². The number of carbonyl (C=O) groups is 1. The van der Waals surface area contributed by atoms with E-state index < -0.39 is 28.5 Å². The third-order valence-electron chi connectivity index (χ3n) is 4.37. The second kappa shape index (κ2) is 7.54. The van der Waals surface area contributed by atoms with Gasteiger partial charge in [0, 0.05) is 25.7 Å². The van der Waals surface area contributed by atoms with Gasteiger partial charge in [0.1, 0.15) is 11.1 Å². The van der Waals surface area contributed by atoms with E-state index in [9.17, 15) is 18.0 Å². The van der Waals surface area contributed by atoms with E-state index in [0.29, 0.717) is 19.6 Å². The smallest absolute Gasteiger partial charge is 0.419 e. The molecule has 1 aromatic heterocycles. The van der Waals surface area contributed by atoms with Crippen molar-refractivity contribution in [3.63, 3.8) is 0 Å². The van der Waals surface area contributed by atoms with E-state index >= 15 is 0 Å². The van der Waals surface area contributed by atoms with Gasteiger partial charge in [0.15, 0.2) is 5.58 Å². The molecule has 6 nitrogen and oxygen atoms in total. The van der Waals surface area contributed by atoms with Crippen LogP contribution in [0.4, 0.5) is 24.0 Å². The average molecular weight is 499 g/mol. The van der Waals surface area contributed by atoms with Gasteiger partial charge in [0.25, 0.3) is 6.01 Å². The van der Waals surface area contributed by atoms with Crippen molar-refractivity contribution >= 4 is 50.7 Å². The Morgan fingerprint density at radius 3 is 2.55 bits per heavy atom. The zero-order valence-corrected chi connectivity index (χ0v) is 18.6. The summed E-state index contributed by atoms with van der Waals surface area (Å²) in [6.07, 6.45) is -5.05. The van der Waals surface area contributed by atoms with Gasteiger partial charge < -0.3 is 19.0 Å². The zero-order valence-electron chi connectivity index (χ0n) is 16.2. The second-order valence-electron chi connectivity index (χ2n) is 7.86. The van der Waals surface area contributed by atoms with Crippen LogP contribution in [-0.2, 0) is 10.9 Å². The molecule has 3 rings (SSSR count). The van der Waals surface area contributed by atoms with E-state index in [1.54, 1.807) is 30.6 Å². The van der Waals surface area contributed by atoms with E-state index in [1.807, 2.05) is 6.92 Å². The molecule has 0 spiro atoms. The number of hydrogen-bond donors (Lipinski definition) is 0. The highest BCUT2D eigenvalue weighted by molar-refractivity contribution is 9.10. The van der Waals surface area contributed by atoms with Crippen molar-refractivity contribution in [1.82, 2.24) is 9.88 Å². The van der Waals surface area contributed by atoms with Crippen molar-refractivity contribution in [2.45, 2.75) is 45.5 Å². The molecule has 29 heavy (non-hydrogen) atoms. The summed E-state index contributed by atoms with van der Waals surface area (Å²) in [5, 5.41) is -0.459. The maximum atomic E-state index is 13.3. The Balaban J connectivity index is 1.85. The summed E-state index contributed by atoms with van der Waals surface area (Å²) < 4.78 is 50.5. The van der Waals surface area contributed by atoms with Crippen LogP contribution in [0.15, 0.2) is 15.0 Å². The van der Waals surface area contributed by atoms with Crippen molar-refractivity contribution in [2.75, 3.05) is 24.5 Å². The third-order valence-corrected chi connectivity index (χ3v) is 5.43. The Labute approximate surface area is 179 Å². The SMILES string of the molecule is C[C@H]1CN(C(=O)OC(C)(C)C)CCN1c1nc2cc(Cl)c(C(F)(F)F)c(Br)c2o1. The first-order chi connectivity index (χ1) is 13.3. The Kier molecular flexibility index (Phi) is 5.72. The predicted octanol–water partition coefficient (Wildman–Crippen LogP) is 5.71. The van der Waals surface area contributed by atoms with Crippen molar-refractivity contribution in [2.24, 2.45) is 0 Å². The minimum atomic E-state index is -4.64.